The van der Waals surface area contributed by atoms with Crippen LogP contribution in [0.5, 0.6) is 5.75 Å². The third-order valence-corrected chi connectivity index (χ3v) is 5.30. The summed E-state index contributed by atoms with van der Waals surface area (Å²) in [6, 6.07) is 4.37. The molecule has 1 heterocycles. The number of nitrogens with one attached hydrogen (secondary N) is 2. The first-order valence-electron chi connectivity index (χ1n) is 8.18. The number of carbonyl (C=O) groups excluding carboxylic acids is 1. The van der Waals surface area contributed by atoms with Gasteiger partial charge >= 0.3 is 0 Å². The van der Waals surface area contributed by atoms with E-state index in [4.69, 9.17) is 9.47 Å². The fourth-order valence-electron chi connectivity index (χ4n) is 2.56. The molecule has 0 atom stereocenters. The highest BCUT2D eigenvalue weighted by Gasteiger charge is 2.17. The Hall–Kier alpha value is -1.68. The van der Waals surface area contributed by atoms with Gasteiger partial charge < -0.3 is 14.8 Å². The van der Waals surface area contributed by atoms with Gasteiger partial charge in [0.1, 0.15) is 5.75 Å². The number of hydrogen-bond donors (Lipinski definition) is 2. The van der Waals surface area contributed by atoms with E-state index in [1.165, 1.54) is 32.2 Å². The van der Waals surface area contributed by atoms with Crippen molar-refractivity contribution in [1.82, 2.24) is 9.62 Å². The SMILES string of the molecule is COc1ccc(S(=O)(=O)NCCCN2CCOCC2)cc1NC(C)=O. The summed E-state index contributed by atoms with van der Waals surface area (Å²) in [4.78, 5) is 13.6. The van der Waals surface area contributed by atoms with Crippen LogP contribution < -0.4 is 14.8 Å². The van der Waals surface area contributed by atoms with Gasteiger partial charge in [0.15, 0.2) is 0 Å². The van der Waals surface area contributed by atoms with E-state index in [0.29, 0.717) is 24.4 Å². The summed E-state index contributed by atoms with van der Waals surface area (Å²) in [5.41, 5.74) is 0.325. The maximum atomic E-state index is 12.4. The number of ether oxygens (including phenoxy) is 2. The van der Waals surface area contributed by atoms with E-state index in [9.17, 15) is 13.2 Å². The first kappa shape index (κ1) is 19.6. The first-order valence-corrected chi connectivity index (χ1v) is 9.66. The largest absolute Gasteiger partial charge is 0.495 e. The van der Waals surface area contributed by atoms with E-state index in [2.05, 4.69) is 14.9 Å². The second kappa shape index (κ2) is 9.14. The molecule has 0 aromatic heterocycles. The van der Waals surface area contributed by atoms with Gasteiger partial charge in [-0.3, -0.25) is 9.69 Å². The molecule has 2 N–H and O–H groups in total. The number of sulfonamides is 1. The Labute approximate surface area is 148 Å². The molecule has 2 rings (SSSR count). The van der Waals surface area contributed by atoms with E-state index in [1.807, 2.05) is 0 Å². The van der Waals surface area contributed by atoms with Crippen molar-refractivity contribution in [3.05, 3.63) is 18.2 Å². The van der Waals surface area contributed by atoms with Crippen LogP contribution in [0.2, 0.25) is 0 Å². The number of anilines is 1. The predicted molar refractivity (Wildman–Crippen MR) is 94.4 cm³/mol. The Kier molecular flexibility index (Phi) is 7.18. The number of hydrogen-bond acceptors (Lipinski definition) is 6. The van der Waals surface area contributed by atoms with Crippen LogP contribution in [0.1, 0.15) is 13.3 Å². The van der Waals surface area contributed by atoms with Crippen LogP contribution in [-0.2, 0) is 19.6 Å². The average molecular weight is 371 g/mol. The van der Waals surface area contributed by atoms with Crippen molar-refractivity contribution in [2.45, 2.75) is 18.2 Å². The van der Waals surface area contributed by atoms with Crippen molar-refractivity contribution < 1.29 is 22.7 Å². The Bertz CT molecular complexity index is 687. The van der Waals surface area contributed by atoms with Gasteiger partial charge in [-0.15, -0.1) is 0 Å². The van der Waals surface area contributed by atoms with Crippen LogP contribution >= 0.6 is 0 Å². The number of nitrogens with zero attached hydrogens (tertiary/aromatic N) is 1. The fraction of sp³-hybridized carbons (Fsp3) is 0.562. The number of amides is 1. The number of rotatable bonds is 8. The third-order valence-electron chi connectivity index (χ3n) is 3.84. The lowest BCUT2D eigenvalue weighted by atomic mass is 10.3. The molecule has 1 aromatic carbocycles. The van der Waals surface area contributed by atoms with Crippen LogP contribution in [0.3, 0.4) is 0 Å². The monoisotopic (exact) mass is 371 g/mol. The van der Waals surface area contributed by atoms with Crippen LogP contribution in [0.25, 0.3) is 0 Å². The quantitative estimate of drug-likeness (QED) is 0.652. The zero-order chi connectivity index (χ0) is 18.3. The van der Waals surface area contributed by atoms with E-state index < -0.39 is 10.0 Å². The molecule has 0 aliphatic carbocycles. The van der Waals surface area contributed by atoms with Gasteiger partial charge in [0, 0.05) is 26.6 Å². The van der Waals surface area contributed by atoms with Crippen molar-refractivity contribution in [1.29, 1.82) is 0 Å². The second-order valence-electron chi connectivity index (χ2n) is 5.75. The van der Waals surface area contributed by atoms with E-state index in [0.717, 1.165) is 32.8 Å². The van der Waals surface area contributed by atoms with Crippen molar-refractivity contribution in [2.24, 2.45) is 0 Å². The fourth-order valence-corrected chi connectivity index (χ4v) is 3.66. The Balaban J connectivity index is 1.94. The smallest absolute Gasteiger partial charge is 0.240 e. The van der Waals surface area contributed by atoms with Gasteiger partial charge in [0.2, 0.25) is 15.9 Å². The molecule has 140 valence electrons. The first-order chi connectivity index (χ1) is 11.9. The molecule has 0 unspecified atom stereocenters. The molecule has 0 spiro atoms. The summed E-state index contributed by atoms with van der Waals surface area (Å²) in [5.74, 6) is 0.104. The van der Waals surface area contributed by atoms with Crippen molar-refractivity contribution in [2.75, 3.05) is 51.8 Å². The molecule has 0 saturated carbocycles. The van der Waals surface area contributed by atoms with Crippen molar-refractivity contribution in [3.63, 3.8) is 0 Å². The van der Waals surface area contributed by atoms with Gasteiger partial charge in [-0.2, -0.15) is 0 Å². The topological polar surface area (TPSA) is 97.0 Å². The zero-order valence-electron chi connectivity index (χ0n) is 14.6. The zero-order valence-corrected chi connectivity index (χ0v) is 15.4. The second-order valence-corrected chi connectivity index (χ2v) is 7.52. The minimum Gasteiger partial charge on any atom is -0.495 e. The third kappa shape index (κ3) is 5.96. The molecule has 1 amide bonds. The highest BCUT2D eigenvalue weighted by molar-refractivity contribution is 7.89. The highest BCUT2D eigenvalue weighted by atomic mass is 32.2. The molecule has 1 saturated heterocycles. The van der Waals surface area contributed by atoms with Crippen molar-refractivity contribution in [3.8, 4) is 5.75 Å². The summed E-state index contributed by atoms with van der Waals surface area (Å²) in [6.07, 6.45) is 0.716. The summed E-state index contributed by atoms with van der Waals surface area (Å²) >= 11 is 0. The van der Waals surface area contributed by atoms with E-state index in [1.54, 1.807) is 0 Å². The Morgan fingerprint density at radius 1 is 1.32 bits per heavy atom. The van der Waals surface area contributed by atoms with Crippen LogP contribution in [0, 0.1) is 0 Å². The lowest BCUT2D eigenvalue weighted by molar-refractivity contribution is -0.114. The van der Waals surface area contributed by atoms with Crippen molar-refractivity contribution >= 4 is 21.6 Å². The van der Waals surface area contributed by atoms with Crippen LogP contribution in [0.4, 0.5) is 5.69 Å². The normalized spacial score (nSPS) is 15.8. The summed E-state index contributed by atoms with van der Waals surface area (Å²) in [5, 5.41) is 2.57. The van der Waals surface area contributed by atoms with Gasteiger partial charge in [-0.25, -0.2) is 13.1 Å². The molecule has 1 aromatic rings. The maximum absolute atomic E-state index is 12.4. The van der Waals surface area contributed by atoms with Crippen LogP contribution in [-0.4, -0.2) is 65.7 Å². The lowest BCUT2D eigenvalue weighted by Crippen LogP contribution is -2.38. The number of benzene rings is 1. The van der Waals surface area contributed by atoms with Gasteiger partial charge in [0.25, 0.3) is 0 Å². The molecule has 9 heteroatoms. The lowest BCUT2D eigenvalue weighted by Gasteiger charge is -2.26. The molecular formula is C16H25N3O5S. The van der Waals surface area contributed by atoms with Gasteiger partial charge in [-0.1, -0.05) is 0 Å². The molecule has 1 aliphatic rings. The molecule has 0 radical (unpaired) electrons. The minimum absolute atomic E-state index is 0.0865. The number of morpholine rings is 1. The maximum Gasteiger partial charge on any atom is 0.240 e. The molecule has 0 bridgehead atoms. The number of methoxy groups -OCH3 is 1. The Morgan fingerprint density at radius 3 is 2.68 bits per heavy atom. The van der Waals surface area contributed by atoms with Gasteiger partial charge in [-0.05, 0) is 31.2 Å². The Morgan fingerprint density at radius 2 is 2.04 bits per heavy atom. The van der Waals surface area contributed by atoms with Gasteiger partial charge in [0.05, 0.1) is 30.9 Å². The minimum atomic E-state index is -3.65. The summed E-state index contributed by atoms with van der Waals surface area (Å²) < 4.78 is 37.9. The number of carbonyl (C=O) groups is 1. The molecule has 8 nitrogen and oxygen atoms in total. The van der Waals surface area contributed by atoms with Crippen LogP contribution in [0.15, 0.2) is 23.1 Å². The molecule has 25 heavy (non-hydrogen) atoms. The average Bonchev–Trinajstić information content (AvgIpc) is 2.59. The van der Waals surface area contributed by atoms with E-state index >= 15 is 0 Å². The molecule has 1 fully saturated rings. The predicted octanol–water partition coefficient (Wildman–Crippen LogP) is 0.654. The highest BCUT2D eigenvalue weighted by Crippen LogP contribution is 2.27. The molecule has 1 aliphatic heterocycles. The van der Waals surface area contributed by atoms with E-state index in [-0.39, 0.29) is 10.8 Å². The standard InChI is InChI=1S/C16H25N3O5S/c1-13(20)18-15-12-14(4-5-16(15)23-2)25(21,22)17-6-3-7-19-8-10-24-11-9-19/h4-5,12,17H,3,6-11H2,1-2H3,(H,18,20). The summed E-state index contributed by atoms with van der Waals surface area (Å²) in [6.45, 7) is 5.74. The molecular weight excluding hydrogens is 346 g/mol. The summed E-state index contributed by atoms with van der Waals surface area (Å²) in [7, 11) is -2.19.